The lowest BCUT2D eigenvalue weighted by Crippen LogP contribution is -2.40. The van der Waals surface area contributed by atoms with Crippen LogP contribution < -0.4 is 15.4 Å². The number of carbonyl (C=O) groups is 1. The van der Waals surface area contributed by atoms with Gasteiger partial charge < -0.3 is 10.6 Å². The van der Waals surface area contributed by atoms with E-state index in [2.05, 4.69) is 15.4 Å². The molecule has 0 saturated carbocycles. The molecule has 0 aliphatic rings. The Bertz CT molecular complexity index is 654. The molecule has 3 N–H and O–H groups in total. The van der Waals surface area contributed by atoms with E-state index in [1.807, 2.05) is 0 Å². The third kappa shape index (κ3) is 6.64. The van der Waals surface area contributed by atoms with Crippen LogP contribution in [0.3, 0.4) is 0 Å². The van der Waals surface area contributed by atoms with Crippen LogP contribution in [0.25, 0.3) is 0 Å². The fraction of sp³-hybridized carbons (Fsp3) is 0.533. The Kier molecular flexibility index (Phi) is 6.67. The molecule has 1 aromatic carbocycles. The molecule has 0 saturated heterocycles. The van der Waals surface area contributed by atoms with Crippen LogP contribution in [0.1, 0.15) is 33.6 Å². The summed E-state index contributed by atoms with van der Waals surface area (Å²) in [6, 6.07) is 3.49. The molecule has 8 heteroatoms. The third-order valence-electron chi connectivity index (χ3n) is 2.78. The van der Waals surface area contributed by atoms with E-state index < -0.39 is 26.3 Å². The van der Waals surface area contributed by atoms with Crippen molar-refractivity contribution in [2.75, 3.05) is 18.9 Å². The quantitative estimate of drug-likeness (QED) is 0.658. The molecule has 0 unspecified atom stereocenters. The first-order valence-electron chi connectivity index (χ1n) is 7.33. The van der Waals surface area contributed by atoms with Crippen LogP contribution in [0.5, 0.6) is 0 Å². The van der Waals surface area contributed by atoms with E-state index in [4.69, 9.17) is 0 Å². The van der Waals surface area contributed by atoms with Crippen molar-refractivity contribution in [2.45, 2.75) is 44.0 Å². The Morgan fingerprint density at radius 3 is 2.48 bits per heavy atom. The molecule has 0 atom stereocenters. The number of sulfonamides is 1. The van der Waals surface area contributed by atoms with Crippen LogP contribution in [-0.4, -0.2) is 33.5 Å². The number of hydrogen-bond donors (Lipinski definition) is 3. The van der Waals surface area contributed by atoms with Crippen molar-refractivity contribution in [2.24, 2.45) is 0 Å². The van der Waals surface area contributed by atoms with Crippen molar-refractivity contribution in [1.29, 1.82) is 0 Å². The molecule has 0 heterocycles. The van der Waals surface area contributed by atoms with Gasteiger partial charge in [0.1, 0.15) is 10.7 Å². The summed E-state index contributed by atoms with van der Waals surface area (Å²) >= 11 is 0. The molecule has 1 amide bonds. The third-order valence-corrected chi connectivity index (χ3v) is 4.55. The van der Waals surface area contributed by atoms with Crippen molar-refractivity contribution in [1.82, 2.24) is 10.0 Å². The van der Waals surface area contributed by atoms with Gasteiger partial charge in [0.25, 0.3) is 0 Å². The van der Waals surface area contributed by atoms with Gasteiger partial charge in [-0.1, -0.05) is 0 Å². The van der Waals surface area contributed by atoms with Gasteiger partial charge in [-0.3, -0.25) is 4.79 Å². The van der Waals surface area contributed by atoms with Crippen LogP contribution in [0.15, 0.2) is 23.1 Å². The van der Waals surface area contributed by atoms with Gasteiger partial charge in [0.2, 0.25) is 15.9 Å². The second-order valence-electron chi connectivity index (χ2n) is 6.26. The number of rotatable bonds is 7. The number of anilines is 1. The second-order valence-corrected chi connectivity index (χ2v) is 7.91. The maximum Gasteiger partial charge on any atom is 0.244 e. The number of carbonyl (C=O) groups excluding carboxylic acids is 1. The largest absolute Gasteiger partial charge is 0.326 e. The highest BCUT2D eigenvalue weighted by atomic mass is 32.2. The van der Waals surface area contributed by atoms with E-state index in [1.54, 1.807) is 27.8 Å². The van der Waals surface area contributed by atoms with Crippen LogP contribution in [0, 0.1) is 5.82 Å². The second kappa shape index (κ2) is 7.85. The molecule has 1 aromatic rings. The predicted octanol–water partition coefficient (Wildman–Crippen LogP) is 1.84. The molecule has 0 radical (unpaired) electrons. The highest BCUT2D eigenvalue weighted by Gasteiger charge is 2.25. The van der Waals surface area contributed by atoms with Crippen LogP contribution >= 0.6 is 0 Å². The monoisotopic (exact) mass is 345 g/mol. The first-order chi connectivity index (χ1) is 10.5. The van der Waals surface area contributed by atoms with Gasteiger partial charge in [0.05, 0.1) is 0 Å². The average molecular weight is 345 g/mol. The minimum Gasteiger partial charge on any atom is -0.326 e. The average Bonchev–Trinajstić information content (AvgIpc) is 2.38. The van der Waals surface area contributed by atoms with Crippen LogP contribution in [0.2, 0.25) is 0 Å². The van der Waals surface area contributed by atoms with E-state index in [0.29, 0.717) is 19.4 Å². The van der Waals surface area contributed by atoms with Gasteiger partial charge in [-0.05, 0) is 59.0 Å². The Morgan fingerprint density at radius 2 is 1.91 bits per heavy atom. The minimum absolute atomic E-state index is 0.246. The molecule has 0 aliphatic heterocycles. The van der Waals surface area contributed by atoms with Gasteiger partial charge in [-0.2, -0.15) is 0 Å². The molecule has 1 rings (SSSR count). The zero-order valence-electron chi connectivity index (χ0n) is 13.9. The zero-order valence-corrected chi connectivity index (χ0v) is 14.7. The van der Waals surface area contributed by atoms with Gasteiger partial charge in [0.15, 0.2) is 0 Å². The lowest BCUT2D eigenvalue weighted by Gasteiger charge is -2.20. The van der Waals surface area contributed by atoms with Crippen molar-refractivity contribution >= 4 is 21.6 Å². The summed E-state index contributed by atoms with van der Waals surface area (Å²) in [6.45, 7) is 5.69. The number of amides is 1. The van der Waals surface area contributed by atoms with E-state index in [9.17, 15) is 17.6 Å². The number of benzene rings is 1. The summed E-state index contributed by atoms with van der Waals surface area (Å²) in [5.74, 6) is -1.12. The fourth-order valence-electron chi connectivity index (χ4n) is 1.89. The van der Waals surface area contributed by atoms with E-state index >= 15 is 0 Å². The zero-order chi connectivity index (χ0) is 17.7. The van der Waals surface area contributed by atoms with Crippen LogP contribution in [0.4, 0.5) is 10.1 Å². The Balaban J connectivity index is 2.93. The molecule has 0 aromatic heterocycles. The van der Waals surface area contributed by atoms with Gasteiger partial charge in [-0.15, -0.1) is 0 Å². The Morgan fingerprint density at radius 1 is 1.26 bits per heavy atom. The lowest BCUT2D eigenvalue weighted by molar-refractivity contribution is -0.116. The normalized spacial score (nSPS) is 12.2. The topological polar surface area (TPSA) is 87.3 Å². The lowest BCUT2D eigenvalue weighted by atomic mass is 10.1. The first-order valence-corrected chi connectivity index (χ1v) is 8.81. The minimum atomic E-state index is -4.01. The molecule has 0 bridgehead atoms. The highest BCUT2D eigenvalue weighted by molar-refractivity contribution is 7.89. The number of halogens is 1. The maximum atomic E-state index is 13.9. The molecule has 0 spiro atoms. The summed E-state index contributed by atoms with van der Waals surface area (Å²) in [7, 11) is -2.23. The number of hydrogen-bond acceptors (Lipinski definition) is 4. The Hall–Kier alpha value is -1.51. The molecular weight excluding hydrogens is 321 g/mol. The van der Waals surface area contributed by atoms with Gasteiger partial charge >= 0.3 is 0 Å². The van der Waals surface area contributed by atoms with Crippen LogP contribution in [-0.2, 0) is 14.8 Å². The highest BCUT2D eigenvalue weighted by Crippen LogP contribution is 2.21. The van der Waals surface area contributed by atoms with E-state index in [1.165, 1.54) is 6.07 Å². The van der Waals surface area contributed by atoms with E-state index in [0.717, 1.165) is 12.1 Å². The molecule has 0 aliphatic carbocycles. The maximum absolute atomic E-state index is 13.9. The fourth-order valence-corrected chi connectivity index (χ4v) is 3.42. The summed E-state index contributed by atoms with van der Waals surface area (Å²) in [4.78, 5) is 11.3. The molecule has 0 fully saturated rings. The molecule has 130 valence electrons. The summed E-state index contributed by atoms with van der Waals surface area (Å²) in [5.41, 5.74) is -0.493. The van der Waals surface area contributed by atoms with Crippen molar-refractivity contribution < 1.29 is 17.6 Å². The van der Waals surface area contributed by atoms with Crippen molar-refractivity contribution in [3.05, 3.63) is 24.0 Å². The predicted molar refractivity (Wildman–Crippen MR) is 88.3 cm³/mol. The van der Waals surface area contributed by atoms with Gasteiger partial charge in [-0.25, -0.2) is 17.5 Å². The molecular formula is C15H24FN3O3S. The first kappa shape index (κ1) is 19.5. The number of nitrogens with one attached hydrogen (secondary N) is 3. The summed E-state index contributed by atoms with van der Waals surface area (Å²) < 4.78 is 40.8. The van der Waals surface area contributed by atoms with Gasteiger partial charge in [0, 0.05) is 17.6 Å². The molecule has 23 heavy (non-hydrogen) atoms. The van der Waals surface area contributed by atoms with E-state index in [-0.39, 0.29) is 11.6 Å². The standard InChI is InChI=1S/C15H24FN3O3S/c1-15(2,3)19-23(21,22)13-10-11(7-8-12(13)16)18-14(20)6-5-9-17-4/h7-8,10,17,19H,5-6,9H2,1-4H3,(H,18,20). The summed E-state index contributed by atoms with van der Waals surface area (Å²) in [6.07, 6.45) is 0.945. The SMILES string of the molecule is CNCCCC(=O)Nc1ccc(F)c(S(=O)(=O)NC(C)(C)C)c1. The van der Waals surface area contributed by atoms with Crippen molar-refractivity contribution in [3.8, 4) is 0 Å². The summed E-state index contributed by atoms with van der Waals surface area (Å²) in [5, 5.41) is 5.51. The molecule has 6 nitrogen and oxygen atoms in total. The van der Waals surface area contributed by atoms with Crippen molar-refractivity contribution in [3.63, 3.8) is 0 Å². The smallest absolute Gasteiger partial charge is 0.244 e. The Labute approximate surface area is 136 Å².